The van der Waals surface area contributed by atoms with Gasteiger partial charge in [-0.2, -0.15) is 0 Å². The van der Waals surface area contributed by atoms with Gasteiger partial charge in [0.05, 0.1) is 0 Å². The molecule has 17 heavy (non-hydrogen) atoms. The number of rotatable bonds is 3. The fraction of sp³-hybridized carbons (Fsp3) is 0.812. The van der Waals surface area contributed by atoms with Gasteiger partial charge in [-0.15, -0.1) is 0 Å². The molecule has 0 atom stereocenters. The number of hydrogen-bond donors (Lipinski definition) is 0. The van der Waals surface area contributed by atoms with Crippen LogP contribution in [0.1, 0.15) is 64.7 Å². The number of carbonyl (C=O) groups is 1. The lowest BCUT2D eigenvalue weighted by molar-refractivity contribution is -0.120. The summed E-state index contributed by atoms with van der Waals surface area (Å²) in [5.74, 6) is 2.98. The Balaban J connectivity index is 1.72. The Morgan fingerprint density at radius 2 is 1.47 bits per heavy atom. The quantitative estimate of drug-likeness (QED) is 0.656. The molecule has 0 amide bonds. The molecule has 0 aromatic rings. The normalized spacial score (nSPS) is 32.2. The summed E-state index contributed by atoms with van der Waals surface area (Å²) in [4.78, 5) is 11.2. The number of carbonyl (C=O) groups excluding carboxylic acids is 1. The minimum atomic E-state index is 0.470. The molecule has 1 nitrogen and oxygen atoms in total. The van der Waals surface area contributed by atoms with Crippen molar-refractivity contribution < 1.29 is 4.79 Å². The van der Waals surface area contributed by atoms with E-state index < -0.39 is 0 Å². The van der Waals surface area contributed by atoms with Gasteiger partial charge < -0.3 is 0 Å². The van der Waals surface area contributed by atoms with E-state index in [-0.39, 0.29) is 0 Å². The molecule has 0 aliphatic heterocycles. The molecule has 96 valence electrons. The summed E-state index contributed by atoms with van der Waals surface area (Å²) in [5.41, 5.74) is 0. The summed E-state index contributed by atoms with van der Waals surface area (Å²) in [6.07, 6.45) is 15.7. The number of allylic oxidation sites excluding steroid dienone is 2. The summed E-state index contributed by atoms with van der Waals surface area (Å²) in [6, 6.07) is 0. The molecule has 0 aromatic heterocycles. The van der Waals surface area contributed by atoms with E-state index in [4.69, 9.17) is 0 Å². The average Bonchev–Trinajstić information content (AvgIpc) is 2.39. The van der Waals surface area contributed by atoms with Crippen molar-refractivity contribution in [3.8, 4) is 0 Å². The summed E-state index contributed by atoms with van der Waals surface area (Å²) >= 11 is 0. The maximum absolute atomic E-state index is 11.2. The highest BCUT2D eigenvalue weighted by Gasteiger charge is 2.19. The smallest absolute Gasteiger partial charge is 0.132 e. The second kappa shape index (κ2) is 6.37. The lowest BCUT2D eigenvalue weighted by atomic mass is 9.80. The second-order valence-corrected chi connectivity index (χ2v) is 5.95. The molecule has 0 aromatic carbocycles. The minimum Gasteiger partial charge on any atom is -0.300 e. The van der Waals surface area contributed by atoms with Crippen LogP contribution in [-0.2, 0) is 4.79 Å². The van der Waals surface area contributed by atoms with Gasteiger partial charge in [-0.05, 0) is 56.3 Å². The largest absolute Gasteiger partial charge is 0.300 e. The van der Waals surface area contributed by atoms with Crippen LogP contribution in [-0.4, -0.2) is 5.78 Å². The summed E-state index contributed by atoms with van der Waals surface area (Å²) in [5, 5.41) is 0. The van der Waals surface area contributed by atoms with Crippen LogP contribution in [0.2, 0.25) is 0 Å². The molecule has 0 saturated heterocycles. The van der Waals surface area contributed by atoms with Crippen molar-refractivity contribution in [1.29, 1.82) is 0 Å². The number of Topliss-reactive ketones (excluding diaryl/α,β-unsaturated/α-hetero) is 1. The van der Waals surface area contributed by atoms with Gasteiger partial charge in [-0.25, -0.2) is 0 Å². The van der Waals surface area contributed by atoms with E-state index in [1.165, 1.54) is 32.1 Å². The van der Waals surface area contributed by atoms with Gasteiger partial charge in [-0.3, -0.25) is 4.79 Å². The van der Waals surface area contributed by atoms with Crippen molar-refractivity contribution in [3.63, 3.8) is 0 Å². The Kier molecular flexibility index (Phi) is 4.82. The molecular formula is C16H26O. The third kappa shape index (κ3) is 3.97. The van der Waals surface area contributed by atoms with Crippen LogP contribution in [0.25, 0.3) is 0 Å². The van der Waals surface area contributed by atoms with Gasteiger partial charge in [0.1, 0.15) is 5.78 Å². The summed E-state index contributed by atoms with van der Waals surface area (Å²) in [7, 11) is 0. The Morgan fingerprint density at radius 3 is 2.00 bits per heavy atom. The van der Waals surface area contributed by atoms with E-state index in [1.807, 2.05) is 0 Å². The van der Waals surface area contributed by atoms with Gasteiger partial charge in [-0.1, -0.05) is 25.5 Å². The van der Waals surface area contributed by atoms with Crippen molar-refractivity contribution in [2.75, 3.05) is 0 Å². The molecule has 0 bridgehead atoms. The minimum absolute atomic E-state index is 0.470. The van der Waals surface area contributed by atoms with E-state index in [2.05, 4.69) is 19.1 Å². The van der Waals surface area contributed by atoms with Crippen LogP contribution in [0.4, 0.5) is 0 Å². The van der Waals surface area contributed by atoms with Crippen LogP contribution >= 0.6 is 0 Å². The van der Waals surface area contributed by atoms with Gasteiger partial charge in [0.2, 0.25) is 0 Å². The first kappa shape index (κ1) is 12.9. The zero-order valence-electron chi connectivity index (χ0n) is 11.2. The fourth-order valence-corrected chi connectivity index (χ4v) is 3.26. The number of hydrogen-bond acceptors (Lipinski definition) is 1. The highest BCUT2D eigenvalue weighted by atomic mass is 16.1. The average molecular weight is 234 g/mol. The molecule has 2 saturated carbocycles. The van der Waals surface area contributed by atoms with Crippen LogP contribution in [0.3, 0.4) is 0 Å². The Hall–Kier alpha value is -0.590. The topological polar surface area (TPSA) is 17.1 Å². The second-order valence-electron chi connectivity index (χ2n) is 5.95. The molecule has 2 fully saturated rings. The third-order valence-electron chi connectivity index (χ3n) is 4.71. The van der Waals surface area contributed by atoms with E-state index in [9.17, 15) is 4.79 Å². The molecule has 0 unspecified atom stereocenters. The van der Waals surface area contributed by atoms with Crippen molar-refractivity contribution in [2.24, 2.45) is 17.8 Å². The van der Waals surface area contributed by atoms with Crippen LogP contribution in [0, 0.1) is 17.8 Å². The molecule has 1 heteroatoms. The van der Waals surface area contributed by atoms with E-state index in [0.29, 0.717) is 11.7 Å². The SMILES string of the molecule is CC[C@H]1CC[C@H](/C=C/C2CCC(=O)CC2)CC1. The molecule has 2 aliphatic rings. The first-order valence-corrected chi connectivity index (χ1v) is 7.48. The standard InChI is InChI=1S/C16H26O/c1-2-13-3-5-14(6-4-13)7-8-15-9-11-16(17)12-10-15/h7-8,13-15H,2-6,9-12H2,1H3/b8-7+/t13-,14-. The Labute approximate surface area is 106 Å². The summed E-state index contributed by atoms with van der Waals surface area (Å²) < 4.78 is 0. The fourth-order valence-electron chi connectivity index (χ4n) is 3.26. The molecule has 2 rings (SSSR count). The first-order valence-electron chi connectivity index (χ1n) is 7.48. The van der Waals surface area contributed by atoms with E-state index in [1.54, 1.807) is 0 Å². The maximum atomic E-state index is 11.2. The van der Waals surface area contributed by atoms with E-state index in [0.717, 1.165) is 37.5 Å². The predicted octanol–water partition coefficient (Wildman–Crippen LogP) is 4.52. The molecule has 0 N–H and O–H groups in total. The van der Waals surface area contributed by atoms with Crippen molar-refractivity contribution in [2.45, 2.75) is 64.7 Å². The zero-order chi connectivity index (χ0) is 12.1. The van der Waals surface area contributed by atoms with E-state index >= 15 is 0 Å². The zero-order valence-corrected chi connectivity index (χ0v) is 11.2. The molecular weight excluding hydrogens is 208 g/mol. The van der Waals surface area contributed by atoms with Crippen molar-refractivity contribution in [1.82, 2.24) is 0 Å². The van der Waals surface area contributed by atoms with Gasteiger partial charge >= 0.3 is 0 Å². The number of ketones is 1. The van der Waals surface area contributed by atoms with Crippen molar-refractivity contribution in [3.05, 3.63) is 12.2 Å². The maximum Gasteiger partial charge on any atom is 0.132 e. The predicted molar refractivity (Wildman–Crippen MR) is 71.8 cm³/mol. The monoisotopic (exact) mass is 234 g/mol. The van der Waals surface area contributed by atoms with Gasteiger partial charge in [0.15, 0.2) is 0 Å². The van der Waals surface area contributed by atoms with Crippen LogP contribution in [0.15, 0.2) is 12.2 Å². The van der Waals surface area contributed by atoms with Crippen LogP contribution in [0.5, 0.6) is 0 Å². The highest BCUT2D eigenvalue weighted by molar-refractivity contribution is 5.79. The first-order chi connectivity index (χ1) is 8.28. The molecule has 0 radical (unpaired) electrons. The lowest BCUT2D eigenvalue weighted by Gasteiger charge is -2.26. The third-order valence-corrected chi connectivity index (χ3v) is 4.71. The molecule has 2 aliphatic carbocycles. The van der Waals surface area contributed by atoms with Gasteiger partial charge in [0.25, 0.3) is 0 Å². The Morgan fingerprint density at radius 1 is 0.941 bits per heavy atom. The van der Waals surface area contributed by atoms with Crippen LogP contribution < -0.4 is 0 Å². The molecule has 0 heterocycles. The van der Waals surface area contributed by atoms with Gasteiger partial charge in [0, 0.05) is 12.8 Å². The highest BCUT2D eigenvalue weighted by Crippen LogP contribution is 2.32. The molecule has 0 spiro atoms. The lowest BCUT2D eigenvalue weighted by Crippen LogP contribution is -2.14. The summed E-state index contributed by atoms with van der Waals surface area (Å²) in [6.45, 7) is 2.32. The Bertz CT molecular complexity index is 261. The van der Waals surface area contributed by atoms with Crippen molar-refractivity contribution >= 4 is 5.78 Å².